The van der Waals surface area contributed by atoms with Crippen LogP contribution in [0.5, 0.6) is 5.75 Å². The molecule has 2 aromatic rings. The van der Waals surface area contributed by atoms with E-state index < -0.39 is 27.0 Å². The monoisotopic (exact) mass is 325 g/mol. The maximum atomic E-state index is 12.3. The van der Waals surface area contributed by atoms with E-state index in [-0.39, 0.29) is 5.15 Å². The molecule has 108 valence electrons. The molecule has 0 N–H and O–H groups in total. The van der Waals surface area contributed by atoms with Gasteiger partial charge in [0.15, 0.2) is 0 Å². The first kappa shape index (κ1) is 14.7. The van der Waals surface area contributed by atoms with E-state index in [1.165, 1.54) is 24.3 Å². The molecule has 0 amide bonds. The lowest BCUT2D eigenvalue weighted by molar-refractivity contribution is -0.275. The molecule has 0 saturated heterocycles. The van der Waals surface area contributed by atoms with Crippen molar-refractivity contribution in [1.82, 2.24) is 3.97 Å². The van der Waals surface area contributed by atoms with Gasteiger partial charge in [0.25, 0.3) is 10.0 Å². The molecular formula is C11H7ClF3NO3S. The van der Waals surface area contributed by atoms with Crippen molar-refractivity contribution in [3.8, 4) is 5.75 Å². The van der Waals surface area contributed by atoms with Gasteiger partial charge in [-0.25, -0.2) is 12.4 Å². The van der Waals surface area contributed by atoms with Crippen molar-refractivity contribution in [3.05, 3.63) is 47.7 Å². The first-order chi connectivity index (χ1) is 9.22. The second-order valence-corrected chi connectivity index (χ2v) is 5.80. The van der Waals surface area contributed by atoms with Crippen LogP contribution in [0.1, 0.15) is 0 Å². The average Bonchev–Trinajstić information content (AvgIpc) is 2.74. The largest absolute Gasteiger partial charge is 0.573 e. The first-order valence-electron chi connectivity index (χ1n) is 5.15. The van der Waals surface area contributed by atoms with Gasteiger partial charge in [-0.1, -0.05) is 23.7 Å². The number of ether oxygens (including phenoxy) is 1. The van der Waals surface area contributed by atoms with Gasteiger partial charge in [-0.05, 0) is 24.3 Å². The Bertz CT molecular complexity index is 725. The molecule has 0 bridgehead atoms. The van der Waals surface area contributed by atoms with E-state index in [0.29, 0.717) is 3.97 Å². The topological polar surface area (TPSA) is 48.3 Å². The molecule has 1 aromatic carbocycles. The van der Waals surface area contributed by atoms with Crippen LogP contribution in [-0.4, -0.2) is 18.8 Å². The van der Waals surface area contributed by atoms with Crippen LogP contribution in [0, 0.1) is 0 Å². The van der Waals surface area contributed by atoms with Gasteiger partial charge < -0.3 is 4.74 Å². The molecule has 0 radical (unpaired) electrons. The summed E-state index contributed by atoms with van der Waals surface area (Å²) < 4.78 is 65.7. The van der Waals surface area contributed by atoms with Crippen LogP contribution in [0.2, 0.25) is 5.15 Å². The highest BCUT2D eigenvalue weighted by molar-refractivity contribution is 7.90. The van der Waals surface area contributed by atoms with Gasteiger partial charge in [-0.3, -0.25) is 0 Å². The van der Waals surface area contributed by atoms with Crippen LogP contribution in [0.4, 0.5) is 13.2 Å². The number of hydrogen-bond acceptors (Lipinski definition) is 3. The third kappa shape index (κ3) is 2.91. The molecule has 2 rings (SSSR count). The van der Waals surface area contributed by atoms with Crippen molar-refractivity contribution in [2.24, 2.45) is 0 Å². The molecule has 0 aliphatic carbocycles. The molecule has 0 aliphatic rings. The van der Waals surface area contributed by atoms with Gasteiger partial charge >= 0.3 is 6.36 Å². The SMILES string of the molecule is O=S(=O)(c1ccccc1OC(F)(F)F)n1cccc1Cl. The Morgan fingerprint density at radius 3 is 2.30 bits per heavy atom. The Labute approximate surface area is 117 Å². The number of nitrogens with zero attached hydrogens (tertiary/aromatic N) is 1. The van der Waals surface area contributed by atoms with Gasteiger partial charge in [0.1, 0.15) is 15.8 Å². The van der Waals surface area contributed by atoms with Crippen LogP contribution in [-0.2, 0) is 10.0 Å². The number of benzene rings is 1. The van der Waals surface area contributed by atoms with Crippen LogP contribution < -0.4 is 4.74 Å². The van der Waals surface area contributed by atoms with Crippen molar-refractivity contribution in [2.75, 3.05) is 0 Å². The quantitative estimate of drug-likeness (QED) is 0.870. The van der Waals surface area contributed by atoms with Gasteiger partial charge in [0, 0.05) is 6.20 Å². The predicted octanol–water partition coefficient (Wildman–Crippen LogP) is 3.28. The van der Waals surface area contributed by atoms with Crippen molar-refractivity contribution >= 4 is 21.6 Å². The number of alkyl halides is 3. The molecule has 0 fully saturated rings. The fourth-order valence-electron chi connectivity index (χ4n) is 1.52. The molecule has 0 atom stereocenters. The summed E-state index contributed by atoms with van der Waals surface area (Å²) in [6.45, 7) is 0. The highest BCUT2D eigenvalue weighted by Gasteiger charge is 2.34. The van der Waals surface area contributed by atoms with E-state index in [4.69, 9.17) is 11.6 Å². The van der Waals surface area contributed by atoms with Gasteiger partial charge in [0.2, 0.25) is 0 Å². The van der Waals surface area contributed by atoms with E-state index in [1.807, 2.05) is 0 Å². The number of hydrogen-bond donors (Lipinski definition) is 0. The maximum Gasteiger partial charge on any atom is 0.573 e. The second-order valence-electron chi connectivity index (χ2n) is 3.63. The molecule has 4 nitrogen and oxygen atoms in total. The third-order valence-electron chi connectivity index (χ3n) is 2.28. The summed E-state index contributed by atoms with van der Waals surface area (Å²) in [7, 11) is -4.27. The minimum atomic E-state index is -4.99. The highest BCUT2D eigenvalue weighted by Crippen LogP contribution is 2.31. The van der Waals surface area contributed by atoms with E-state index in [0.717, 1.165) is 18.3 Å². The maximum absolute atomic E-state index is 12.3. The van der Waals surface area contributed by atoms with E-state index in [9.17, 15) is 21.6 Å². The Kier molecular flexibility index (Phi) is 3.70. The standard InChI is InChI=1S/C11H7ClF3NO3S/c12-10-6-3-7-16(10)20(17,18)9-5-2-1-4-8(9)19-11(13,14)15/h1-7H. The van der Waals surface area contributed by atoms with Gasteiger partial charge in [0.05, 0.1) is 0 Å². The average molecular weight is 326 g/mol. The van der Waals surface area contributed by atoms with Crippen LogP contribution in [0.3, 0.4) is 0 Å². The smallest absolute Gasteiger partial charge is 0.404 e. The lowest BCUT2D eigenvalue weighted by atomic mass is 10.3. The van der Waals surface area contributed by atoms with Crippen LogP contribution in [0.15, 0.2) is 47.5 Å². The van der Waals surface area contributed by atoms with Gasteiger partial charge in [-0.15, -0.1) is 13.2 Å². The summed E-state index contributed by atoms with van der Waals surface area (Å²) in [5, 5.41) is -0.146. The zero-order valence-electron chi connectivity index (χ0n) is 9.63. The number of aromatic nitrogens is 1. The van der Waals surface area contributed by atoms with Gasteiger partial charge in [-0.2, -0.15) is 0 Å². The Morgan fingerprint density at radius 1 is 1.10 bits per heavy atom. The molecule has 1 aromatic heterocycles. The fraction of sp³-hybridized carbons (Fsp3) is 0.0909. The summed E-state index contributed by atoms with van der Waals surface area (Å²) in [5.74, 6) is -0.815. The normalized spacial score (nSPS) is 12.4. The fourth-order valence-corrected chi connectivity index (χ4v) is 3.27. The number of para-hydroxylation sites is 1. The van der Waals surface area contributed by atoms with E-state index in [1.54, 1.807) is 0 Å². The summed E-state index contributed by atoms with van der Waals surface area (Å²) >= 11 is 5.68. The van der Waals surface area contributed by atoms with Crippen molar-refractivity contribution < 1.29 is 26.3 Å². The summed E-state index contributed by atoms with van der Waals surface area (Å²) in [5.41, 5.74) is 0. The van der Waals surface area contributed by atoms with Crippen LogP contribution in [0.25, 0.3) is 0 Å². The van der Waals surface area contributed by atoms with Crippen molar-refractivity contribution in [1.29, 1.82) is 0 Å². The second kappa shape index (κ2) is 5.02. The summed E-state index contributed by atoms with van der Waals surface area (Å²) in [6.07, 6.45) is -3.87. The third-order valence-corrected chi connectivity index (χ3v) is 4.42. The molecule has 0 spiro atoms. The molecule has 0 aliphatic heterocycles. The zero-order valence-corrected chi connectivity index (χ0v) is 11.2. The number of halogens is 4. The number of rotatable bonds is 3. The molecule has 0 saturated carbocycles. The molecule has 0 unspecified atom stereocenters. The lowest BCUT2D eigenvalue weighted by Gasteiger charge is -2.14. The minimum absolute atomic E-state index is 0.146. The Hall–Kier alpha value is -1.67. The van der Waals surface area contributed by atoms with Crippen LogP contribution >= 0.6 is 11.6 Å². The van der Waals surface area contributed by atoms with Crippen molar-refractivity contribution in [2.45, 2.75) is 11.3 Å². The molecular weight excluding hydrogens is 319 g/mol. The molecule has 1 heterocycles. The molecule has 20 heavy (non-hydrogen) atoms. The molecule has 9 heteroatoms. The summed E-state index contributed by atoms with van der Waals surface area (Å²) in [4.78, 5) is -0.629. The minimum Gasteiger partial charge on any atom is -0.404 e. The predicted molar refractivity (Wildman–Crippen MR) is 65.2 cm³/mol. The van der Waals surface area contributed by atoms with E-state index >= 15 is 0 Å². The Morgan fingerprint density at radius 2 is 1.75 bits per heavy atom. The van der Waals surface area contributed by atoms with Crippen molar-refractivity contribution in [3.63, 3.8) is 0 Å². The lowest BCUT2D eigenvalue weighted by Crippen LogP contribution is -2.20. The zero-order chi connectivity index (χ0) is 15.0. The van der Waals surface area contributed by atoms with E-state index in [2.05, 4.69) is 4.74 Å². The summed E-state index contributed by atoms with van der Waals surface area (Å²) in [6, 6.07) is 7.09. The highest BCUT2D eigenvalue weighted by atomic mass is 35.5. The Balaban J connectivity index is 2.56. The first-order valence-corrected chi connectivity index (χ1v) is 6.97.